The van der Waals surface area contributed by atoms with Crippen molar-refractivity contribution in [1.29, 1.82) is 0 Å². The predicted octanol–water partition coefficient (Wildman–Crippen LogP) is 3.74. The van der Waals surface area contributed by atoms with Crippen molar-refractivity contribution in [2.75, 3.05) is 31.6 Å². The first-order valence-electron chi connectivity index (χ1n) is 8.63. The third-order valence-electron chi connectivity index (χ3n) is 4.28. The van der Waals surface area contributed by atoms with Gasteiger partial charge in [0.25, 0.3) is 0 Å². The van der Waals surface area contributed by atoms with E-state index in [-0.39, 0.29) is 17.8 Å². The van der Waals surface area contributed by atoms with Crippen LogP contribution in [0, 0.1) is 0 Å². The number of halogens is 1. The zero-order valence-electron chi connectivity index (χ0n) is 14.6. The number of likely N-dealkylation sites (tertiary alicyclic amines) is 1. The number of carbonyl (C=O) groups excluding carboxylic acids is 1. The second-order valence-corrected chi connectivity index (χ2v) is 8.18. The Kier molecular flexibility index (Phi) is 6.75. The van der Waals surface area contributed by atoms with E-state index in [0.29, 0.717) is 18.5 Å². The average molecular weight is 392 g/mol. The fraction of sp³-hybridized carbons (Fsp3) is 0.941. The first-order chi connectivity index (χ1) is 10.8. The number of nitrogens with zero attached hydrogens (tertiary/aromatic N) is 1. The smallest absolute Gasteiger partial charge is 0.410 e. The monoisotopic (exact) mass is 391 g/mol. The molecule has 0 saturated carbocycles. The predicted molar refractivity (Wildman–Crippen MR) is 93.1 cm³/mol. The van der Waals surface area contributed by atoms with Crippen LogP contribution in [0.25, 0.3) is 0 Å². The van der Waals surface area contributed by atoms with Gasteiger partial charge < -0.3 is 19.1 Å². The third kappa shape index (κ3) is 5.91. The van der Waals surface area contributed by atoms with Crippen LogP contribution in [-0.2, 0) is 14.2 Å². The summed E-state index contributed by atoms with van der Waals surface area (Å²) in [7, 11) is 0. The summed E-state index contributed by atoms with van der Waals surface area (Å²) in [5.74, 6) is 0. The summed E-state index contributed by atoms with van der Waals surface area (Å²) < 4.78 is 17.5. The van der Waals surface area contributed by atoms with Crippen LogP contribution in [0.4, 0.5) is 4.79 Å². The molecule has 2 fully saturated rings. The van der Waals surface area contributed by atoms with Gasteiger partial charge in [0.15, 0.2) is 0 Å². The van der Waals surface area contributed by atoms with Gasteiger partial charge in [-0.1, -0.05) is 15.9 Å². The zero-order chi connectivity index (χ0) is 16.9. The lowest BCUT2D eigenvalue weighted by Gasteiger charge is -2.42. The van der Waals surface area contributed by atoms with Crippen LogP contribution in [0.15, 0.2) is 0 Å². The molecule has 0 spiro atoms. The topological polar surface area (TPSA) is 48.0 Å². The van der Waals surface area contributed by atoms with Crippen molar-refractivity contribution in [1.82, 2.24) is 4.90 Å². The molecule has 2 heterocycles. The molecule has 0 aromatic carbocycles. The van der Waals surface area contributed by atoms with Crippen LogP contribution >= 0.6 is 15.9 Å². The first kappa shape index (κ1) is 19.0. The molecule has 2 aliphatic heterocycles. The summed E-state index contributed by atoms with van der Waals surface area (Å²) >= 11 is 3.59. The fourth-order valence-electron chi connectivity index (χ4n) is 3.05. The molecular formula is C17H30BrNO4. The molecule has 23 heavy (non-hydrogen) atoms. The highest BCUT2D eigenvalue weighted by atomic mass is 79.9. The Labute approximate surface area is 148 Å². The summed E-state index contributed by atoms with van der Waals surface area (Å²) in [5, 5.41) is 0.714. The quantitative estimate of drug-likeness (QED) is 0.684. The fourth-order valence-corrected chi connectivity index (χ4v) is 3.67. The Hall–Kier alpha value is -0.330. The summed E-state index contributed by atoms with van der Waals surface area (Å²) in [6, 6.07) is 0. The van der Waals surface area contributed by atoms with Crippen LogP contribution in [0.3, 0.4) is 0 Å². The maximum absolute atomic E-state index is 12.3. The minimum absolute atomic E-state index is 0.191. The van der Waals surface area contributed by atoms with Crippen molar-refractivity contribution < 1.29 is 19.0 Å². The molecule has 2 atom stereocenters. The van der Waals surface area contributed by atoms with Gasteiger partial charge in [-0.3, -0.25) is 0 Å². The summed E-state index contributed by atoms with van der Waals surface area (Å²) in [6.45, 7) is 8.41. The molecule has 2 rings (SSSR count). The first-order valence-corrected chi connectivity index (χ1v) is 9.75. The highest BCUT2D eigenvalue weighted by molar-refractivity contribution is 9.09. The van der Waals surface area contributed by atoms with Crippen LogP contribution < -0.4 is 0 Å². The van der Waals surface area contributed by atoms with E-state index in [4.69, 9.17) is 14.2 Å². The molecule has 0 bridgehead atoms. The van der Waals surface area contributed by atoms with E-state index in [0.717, 1.165) is 38.8 Å². The van der Waals surface area contributed by atoms with E-state index in [1.807, 2.05) is 20.8 Å². The Morgan fingerprint density at radius 2 is 2.13 bits per heavy atom. The molecule has 2 saturated heterocycles. The summed E-state index contributed by atoms with van der Waals surface area (Å²) in [6.07, 6.45) is 5.23. The van der Waals surface area contributed by atoms with Gasteiger partial charge in [0, 0.05) is 18.5 Å². The SMILES string of the molecule is CC(C)(C)OC(=O)N1CCCC(CBr)(OCC2CCCCO2)C1. The Bertz CT molecular complexity index is 393. The van der Waals surface area contributed by atoms with Gasteiger partial charge in [0.1, 0.15) is 5.60 Å². The van der Waals surface area contributed by atoms with Gasteiger partial charge in [-0.15, -0.1) is 0 Å². The van der Waals surface area contributed by atoms with E-state index in [1.54, 1.807) is 4.90 Å². The number of ether oxygens (including phenoxy) is 3. The molecular weight excluding hydrogens is 362 g/mol. The van der Waals surface area contributed by atoms with Gasteiger partial charge in [0.2, 0.25) is 0 Å². The lowest BCUT2D eigenvalue weighted by atomic mass is 9.94. The van der Waals surface area contributed by atoms with Crippen LogP contribution in [0.1, 0.15) is 52.9 Å². The van der Waals surface area contributed by atoms with E-state index in [1.165, 1.54) is 6.42 Å². The molecule has 0 aliphatic carbocycles. The molecule has 134 valence electrons. The minimum atomic E-state index is -0.470. The molecule has 5 nitrogen and oxygen atoms in total. The summed E-state index contributed by atoms with van der Waals surface area (Å²) in [5.41, 5.74) is -0.807. The van der Waals surface area contributed by atoms with Crippen molar-refractivity contribution in [3.05, 3.63) is 0 Å². The molecule has 6 heteroatoms. The largest absolute Gasteiger partial charge is 0.444 e. The molecule has 2 unspecified atom stereocenters. The third-order valence-corrected chi connectivity index (χ3v) is 5.31. The molecule has 0 N–H and O–H groups in total. The van der Waals surface area contributed by atoms with Crippen molar-refractivity contribution >= 4 is 22.0 Å². The number of amides is 1. The second kappa shape index (κ2) is 8.17. The minimum Gasteiger partial charge on any atom is -0.444 e. The zero-order valence-corrected chi connectivity index (χ0v) is 16.2. The van der Waals surface area contributed by atoms with Gasteiger partial charge >= 0.3 is 6.09 Å². The maximum atomic E-state index is 12.3. The van der Waals surface area contributed by atoms with E-state index >= 15 is 0 Å². The standard InChI is InChI=1S/C17H30BrNO4/c1-16(2,3)23-15(20)19-9-6-8-17(12-18,13-19)22-11-14-7-4-5-10-21-14/h14H,4-13H2,1-3H3. The molecule has 2 aliphatic rings. The van der Waals surface area contributed by atoms with E-state index < -0.39 is 5.60 Å². The molecule has 0 aromatic heterocycles. The average Bonchev–Trinajstić information content (AvgIpc) is 2.53. The van der Waals surface area contributed by atoms with Crippen LogP contribution in [0.2, 0.25) is 0 Å². The van der Waals surface area contributed by atoms with E-state index in [2.05, 4.69) is 15.9 Å². The molecule has 1 amide bonds. The maximum Gasteiger partial charge on any atom is 0.410 e. The summed E-state index contributed by atoms with van der Waals surface area (Å²) in [4.78, 5) is 14.1. The van der Waals surface area contributed by atoms with Crippen LogP contribution in [-0.4, -0.2) is 59.9 Å². The number of alkyl halides is 1. The molecule has 0 aromatic rings. The van der Waals surface area contributed by atoms with E-state index in [9.17, 15) is 4.79 Å². The Balaban J connectivity index is 1.90. The lowest BCUT2D eigenvalue weighted by molar-refractivity contribution is -0.119. The lowest BCUT2D eigenvalue weighted by Crippen LogP contribution is -2.54. The normalized spacial score (nSPS) is 29.4. The van der Waals surface area contributed by atoms with Crippen LogP contribution in [0.5, 0.6) is 0 Å². The van der Waals surface area contributed by atoms with Crippen molar-refractivity contribution in [3.8, 4) is 0 Å². The number of hydrogen-bond donors (Lipinski definition) is 0. The Morgan fingerprint density at radius 1 is 1.35 bits per heavy atom. The Morgan fingerprint density at radius 3 is 2.74 bits per heavy atom. The highest BCUT2D eigenvalue weighted by Gasteiger charge is 2.39. The number of piperidine rings is 1. The van der Waals surface area contributed by atoms with Gasteiger partial charge in [-0.05, 0) is 52.9 Å². The van der Waals surface area contributed by atoms with Crippen molar-refractivity contribution in [2.24, 2.45) is 0 Å². The van der Waals surface area contributed by atoms with Gasteiger partial charge in [-0.25, -0.2) is 4.79 Å². The molecule has 0 radical (unpaired) electrons. The second-order valence-electron chi connectivity index (χ2n) is 7.62. The number of rotatable bonds is 4. The van der Waals surface area contributed by atoms with Gasteiger partial charge in [0.05, 0.1) is 24.9 Å². The number of hydrogen-bond acceptors (Lipinski definition) is 4. The van der Waals surface area contributed by atoms with Gasteiger partial charge in [-0.2, -0.15) is 0 Å². The van der Waals surface area contributed by atoms with Crippen molar-refractivity contribution in [3.63, 3.8) is 0 Å². The van der Waals surface area contributed by atoms with Crippen molar-refractivity contribution in [2.45, 2.75) is 70.2 Å². The highest BCUT2D eigenvalue weighted by Crippen LogP contribution is 2.29. The number of carbonyl (C=O) groups is 1.